The number of ether oxygens (including phenoxy) is 1. The van der Waals surface area contributed by atoms with Gasteiger partial charge in [0.1, 0.15) is 0 Å². The molecule has 0 atom stereocenters. The minimum Gasteiger partial charge on any atom is -0.466 e. The molecular weight excluding hydrogens is 130 g/mol. The molecule has 0 bridgehead atoms. The summed E-state index contributed by atoms with van der Waals surface area (Å²) in [6, 6.07) is 0. The first-order valence-corrected chi connectivity index (χ1v) is 3.04. The standard InChI is InChI=1S/C7H11NO2/c1-3-6(4-5-8)7(9)10-2/h4-5,8H,3H2,1-2H3/b6-4+,8-5?. The molecule has 3 nitrogen and oxygen atoms in total. The molecule has 10 heavy (non-hydrogen) atoms. The number of nitrogens with one attached hydrogen (secondary N) is 1. The summed E-state index contributed by atoms with van der Waals surface area (Å²) in [5.74, 6) is -0.356. The van der Waals surface area contributed by atoms with Crippen LogP contribution >= 0.6 is 0 Å². The number of allylic oxidation sites excluding steroid dienone is 1. The Balaban J connectivity index is 4.19. The molecule has 56 valence electrons. The van der Waals surface area contributed by atoms with Crippen LogP contribution in [0.1, 0.15) is 13.3 Å². The highest BCUT2D eigenvalue weighted by Gasteiger charge is 2.03. The highest BCUT2D eigenvalue weighted by molar-refractivity contribution is 5.92. The summed E-state index contributed by atoms with van der Waals surface area (Å²) < 4.78 is 4.45. The van der Waals surface area contributed by atoms with Crippen LogP contribution in [0.5, 0.6) is 0 Å². The van der Waals surface area contributed by atoms with E-state index in [0.29, 0.717) is 12.0 Å². The third-order valence-corrected chi connectivity index (χ3v) is 1.11. The van der Waals surface area contributed by atoms with Crippen LogP contribution in [0.3, 0.4) is 0 Å². The summed E-state index contributed by atoms with van der Waals surface area (Å²) in [5, 5.41) is 6.70. The Morgan fingerprint density at radius 3 is 2.60 bits per heavy atom. The van der Waals surface area contributed by atoms with Crippen LogP contribution in [0.4, 0.5) is 0 Å². The highest BCUT2D eigenvalue weighted by Crippen LogP contribution is 2.00. The van der Waals surface area contributed by atoms with Crippen molar-refractivity contribution in [3.05, 3.63) is 11.6 Å². The number of hydrogen-bond donors (Lipinski definition) is 1. The molecule has 0 aliphatic rings. The van der Waals surface area contributed by atoms with E-state index in [9.17, 15) is 4.79 Å². The van der Waals surface area contributed by atoms with Crippen molar-refractivity contribution < 1.29 is 9.53 Å². The minimum absolute atomic E-state index is 0.356. The van der Waals surface area contributed by atoms with E-state index in [4.69, 9.17) is 5.41 Å². The van der Waals surface area contributed by atoms with Gasteiger partial charge in [0.2, 0.25) is 0 Å². The van der Waals surface area contributed by atoms with Gasteiger partial charge in [0.25, 0.3) is 0 Å². The smallest absolute Gasteiger partial charge is 0.333 e. The molecule has 3 heteroatoms. The van der Waals surface area contributed by atoms with Gasteiger partial charge in [-0.2, -0.15) is 0 Å². The fourth-order valence-electron chi connectivity index (χ4n) is 0.562. The minimum atomic E-state index is -0.356. The lowest BCUT2D eigenvalue weighted by atomic mass is 10.2. The van der Waals surface area contributed by atoms with Crippen LogP contribution in [0, 0.1) is 5.41 Å². The van der Waals surface area contributed by atoms with Gasteiger partial charge in [-0.25, -0.2) is 4.79 Å². The molecule has 0 rings (SSSR count). The number of hydrogen-bond acceptors (Lipinski definition) is 3. The van der Waals surface area contributed by atoms with E-state index < -0.39 is 0 Å². The summed E-state index contributed by atoms with van der Waals surface area (Å²) in [5.41, 5.74) is 0.525. The van der Waals surface area contributed by atoms with Crippen molar-refractivity contribution in [1.82, 2.24) is 0 Å². The molecule has 0 amide bonds. The summed E-state index contributed by atoms with van der Waals surface area (Å²) in [7, 11) is 1.33. The quantitative estimate of drug-likeness (QED) is 0.364. The summed E-state index contributed by atoms with van der Waals surface area (Å²) in [6.07, 6.45) is 3.11. The average Bonchev–Trinajstić information content (AvgIpc) is 1.99. The van der Waals surface area contributed by atoms with Gasteiger partial charge in [-0.05, 0) is 12.5 Å². The van der Waals surface area contributed by atoms with Gasteiger partial charge < -0.3 is 10.1 Å². The second-order valence-electron chi connectivity index (χ2n) is 1.70. The molecule has 0 radical (unpaired) electrons. The Hall–Kier alpha value is -1.12. The van der Waals surface area contributed by atoms with Crippen LogP contribution < -0.4 is 0 Å². The SMILES string of the molecule is CC/C(=C\C=N)C(=O)OC. The van der Waals surface area contributed by atoms with Crippen LogP contribution in [0.15, 0.2) is 11.6 Å². The van der Waals surface area contributed by atoms with Crippen LogP contribution in [0.2, 0.25) is 0 Å². The fourth-order valence-corrected chi connectivity index (χ4v) is 0.562. The summed E-state index contributed by atoms with van der Waals surface area (Å²) >= 11 is 0. The third kappa shape index (κ3) is 2.44. The summed E-state index contributed by atoms with van der Waals surface area (Å²) in [6.45, 7) is 1.84. The van der Waals surface area contributed by atoms with Gasteiger partial charge in [-0.1, -0.05) is 6.92 Å². The molecule has 0 aromatic rings. The van der Waals surface area contributed by atoms with E-state index in [-0.39, 0.29) is 5.97 Å². The Kier molecular flexibility index (Phi) is 4.20. The van der Waals surface area contributed by atoms with Crippen molar-refractivity contribution >= 4 is 12.2 Å². The van der Waals surface area contributed by atoms with Crippen LogP contribution in [-0.2, 0) is 9.53 Å². The van der Waals surface area contributed by atoms with E-state index >= 15 is 0 Å². The van der Waals surface area contributed by atoms with Gasteiger partial charge in [0.15, 0.2) is 0 Å². The molecule has 0 saturated carbocycles. The number of esters is 1. The van der Waals surface area contributed by atoms with Gasteiger partial charge in [0.05, 0.1) is 7.11 Å². The number of carbonyl (C=O) groups excluding carboxylic acids is 1. The number of rotatable bonds is 3. The zero-order chi connectivity index (χ0) is 7.98. The van der Waals surface area contributed by atoms with E-state index in [2.05, 4.69) is 4.74 Å². The van der Waals surface area contributed by atoms with Crippen molar-refractivity contribution in [2.24, 2.45) is 0 Å². The maximum absolute atomic E-state index is 10.7. The Morgan fingerprint density at radius 1 is 1.70 bits per heavy atom. The second kappa shape index (κ2) is 4.73. The van der Waals surface area contributed by atoms with Gasteiger partial charge in [-0.15, -0.1) is 0 Å². The lowest BCUT2D eigenvalue weighted by molar-refractivity contribution is -0.136. The predicted molar refractivity (Wildman–Crippen MR) is 39.2 cm³/mol. The van der Waals surface area contributed by atoms with E-state index in [1.165, 1.54) is 13.2 Å². The molecule has 0 aliphatic carbocycles. The van der Waals surface area contributed by atoms with E-state index in [1.54, 1.807) is 0 Å². The van der Waals surface area contributed by atoms with Gasteiger partial charge in [0, 0.05) is 11.8 Å². The molecule has 0 unspecified atom stereocenters. The van der Waals surface area contributed by atoms with E-state index in [1.807, 2.05) is 6.92 Å². The highest BCUT2D eigenvalue weighted by atomic mass is 16.5. The topological polar surface area (TPSA) is 50.2 Å². The van der Waals surface area contributed by atoms with Crippen molar-refractivity contribution in [3.63, 3.8) is 0 Å². The van der Waals surface area contributed by atoms with Crippen molar-refractivity contribution in [1.29, 1.82) is 5.41 Å². The molecular formula is C7H11NO2. The fraction of sp³-hybridized carbons (Fsp3) is 0.429. The Bertz CT molecular complexity index is 161. The molecule has 0 spiro atoms. The van der Waals surface area contributed by atoms with Crippen LogP contribution in [0.25, 0.3) is 0 Å². The predicted octanol–water partition coefficient (Wildman–Crippen LogP) is 1.15. The summed E-state index contributed by atoms with van der Waals surface area (Å²) in [4.78, 5) is 10.7. The number of methoxy groups -OCH3 is 1. The van der Waals surface area contributed by atoms with Crippen LogP contribution in [-0.4, -0.2) is 19.3 Å². The molecule has 0 heterocycles. The van der Waals surface area contributed by atoms with Gasteiger partial charge in [-0.3, -0.25) is 0 Å². The van der Waals surface area contributed by atoms with Gasteiger partial charge >= 0.3 is 5.97 Å². The zero-order valence-corrected chi connectivity index (χ0v) is 6.18. The Labute approximate surface area is 60.2 Å². The molecule has 0 saturated heterocycles. The first-order chi connectivity index (χ1) is 4.76. The second-order valence-corrected chi connectivity index (χ2v) is 1.70. The largest absolute Gasteiger partial charge is 0.466 e. The van der Waals surface area contributed by atoms with Crippen molar-refractivity contribution in [3.8, 4) is 0 Å². The zero-order valence-electron chi connectivity index (χ0n) is 6.18. The first-order valence-electron chi connectivity index (χ1n) is 3.04. The monoisotopic (exact) mass is 141 g/mol. The Morgan fingerprint density at radius 2 is 2.30 bits per heavy atom. The molecule has 0 fully saturated rings. The maximum Gasteiger partial charge on any atom is 0.333 e. The lowest BCUT2D eigenvalue weighted by Gasteiger charge is -1.98. The third-order valence-electron chi connectivity index (χ3n) is 1.11. The maximum atomic E-state index is 10.7. The first kappa shape index (κ1) is 8.88. The molecule has 0 aliphatic heterocycles. The molecule has 0 aromatic carbocycles. The average molecular weight is 141 g/mol. The normalized spacial score (nSPS) is 10.8. The molecule has 1 N–H and O–H groups in total. The molecule has 0 aromatic heterocycles. The lowest BCUT2D eigenvalue weighted by Crippen LogP contribution is -2.03. The van der Waals surface area contributed by atoms with Crippen molar-refractivity contribution in [2.75, 3.05) is 7.11 Å². The van der Waals surface area contributed by atoms with E-state index in [0.717, 1.165) is 6.21 Å². The number of carbonyl (C=O) groups is 1. The van der Waals surface area contributed by atoms with Crippen molar-refractivity contribution in [2.45, 2.75) is 13.3 Å².